The largest absolute Gasteiger partial charge is 0.380 e. The van der Waals surface area contributed by atoms with Gasteiger partial charge in [0.15, 0.2) is 0 Å². The fourth-order valence-corrected chi connectivity index (χ4v) is 2.05. The van der Waals surface area contributed by atoms with Gasteiger partial charge in [-0.25, -0.2) is 0 Å². The summed E-state index contributed by atoms with van der Waals surface area (Å²) in [5.41, 5.74) is 6.00. The van der Waals surface area contributed by atoms with Gasteiger partial charge in [0, 0.05) is 36.8 Å². The lowest BCUT2D eigenvalue weighted by molar-refractivity contribution is -0.123. The van der Waals surface area contributed by atoms with Gasteiger partial charge in [0.25, 0.3) is 5.91 Å². The zero-order valence-electron chi connectivity index (χ0n) is 12.3. The molecule has 0 heterocycles. The second kappa shape index (κ2) is 11.4. The highest BCUT2D eigenvalue weighted by atomic mass is 79.9. The molecular weight excluding hydrogens is 374 g/mol. The van der Waals surface area contributed by atoms with Crippen molar-refractivity contribution in [3.05, 3.63) is 34.3 Å². The number of benzene rings is 1. The van der Waals surface area contributed by atoms with Gasteiger partial charge in [-0.05, 0) is 18.2 Å². The van der Waals surface area contributed by atoms with Crippen LogP contribution >= 0.6 is 28.3 Å². The number of methoxy groups -OCH3 is 1. The third-order valence-corrected chi connectivity index (χ3v) is 3.32. The predicted molar refractivity (Wildman–Crippen MR) is 91.2 cm³/mol. The van der Waals surface area contributed by atoms with Crippen molar-refractivity contribution in [3.63, 3.8) is 0 Å². The molecule has 0 fully saturated rings. The maximum absolute atomic E-state index is 11.8. The Morgan fingerprint density at radius 1 is 1.32 bits per heavy atom. The number of nitrogens with two attached hydrogens (primary N) is 1. The number of ether oxygens (including phenoxy) is 1. The van der Waals surface area contributed by atoms with Gasteiger partial charge in [0.05, 0.1) is 12.5 Å². The van der Waals surface area contributed by atoms with Crippen LogP contribution in [-0.2, 0) is 9.53 Å². The Labute approximate surface area is 144 Å². The van der Waals surface area contributed by atoms with Crippen molar-refractivity contribution in [1.29, 1.82) is 0 Å². The van der Waals surface area contributed by atoms with Gasteiger partial charge in [0.1, 0.15) is 0 Å². The van der Waals surface area contributed by atoms with Crippen molar-refractivity contribution < 1.29 is 14.3 Å². The summed E-state index contributed by atoms with van der Waals surface area (Å²) in [4.78, 5) is 23.4. The van der Waals surface area contributed by atoms with Gasteiger partial charge in [-0.15, -0.1) is 12.4 Å². The van der Waals surface area contributed by atoms with Crippen LogP contribution in [0.15, 0.2) is 28.7 Å². The zero-order chi connectivity index (χ0) is 15.7. The SMILES string of the molecule is COC(CN)CC(=O)NCCNC(=O)c1cccc(Br)c1.Cl. The molecule has 0 spiro atoms. The number of hydrogen-bond acceptors (Lipinski definition) is 4. The minimum Gasteiger partial charge on any atom is -0.380 e. The van der Waals surface area contributed by atoms with E-state index in [-0.39, 0.29) is 36.7 Å². The van der Waals surface area contributed by atoms with Gasteiger partial charge < -0.3 is 21.1 Å². The van der Waals surface area contributed by atoms with Gasteiger partial charge in [-0.3, -0.25) is 9.59 Å². The topological polar surface area (TPSA) is 93.4 Å². The molecule has 0 aliphatic heterocycles. The van der Waals surface area contributed by atoms with E-state index >= 15 is 0 Å². The van der Waals surface area contributed by atoms with Crippen molar-refractivity contribution in [2.24, 2.45) is 5.73 Å². The van der Waals surface area contributed by atoms with Gasteiger partial charge in [-0.2, -0.15) is 0 Å². The third-order valence-electron chi connectivity index (χ3n) is 2.83. The number of hydrogen-bond donors (Lipinski definition) is 3. The van der Waals surface area contributed by atoms with Crippen LogP contribution in [0.4, 0.5) is 0 Å². The number of halogens is 2. The lowest BCUT2D eigenvalue weighted by Gasteiger charge is -2.12. The maximum atomic E-state index is 11.8. The Balaban J connectivity index is 0.00000441. The van der Waals surface area contributed by atoms with Gasteiger partial charge in [0.2, 0.25) is 5.91 Å². The smallest absolute Gasteiger partial charge is 0.251 e. The first kappa shape index (κ1) is 20.9. The lowest BCUT2D eigenvalue weighted by atomic mass is 10.2. The molecule has 2 amide bonds. The number of carbonyl (C=O) groups is 2. The molecule has 1 rings (SSSR count). The number of nitrogens with one attached hydrogen (secondary N) is 2. The Morgan fingerprint density at radius 2 is 2.00 bits per heavy atom. The Morgan fingerprint density at radius 3 is 2.59 bits per heavy atom. The molecule has 0 saturated heterocycles. The van der Waals surface area contributed by atoms with Crippen molar-refractivity contribution in [3.8, 4) is 0 Å². The molecule has 1 aromatic carbocycles. The summed E-state index contributed by atoms with van der Waals surface area (Å²) < 4.78 is 5.87. The molecule has 1 atom stereocenters. The highest BCUT2D eigenvalue weighted by Gasteiger charge is 2.11. The van der Waals surface area contributed by atoms with Crippen LogP contribution < -0.4 is 16.4 Å². The van der Waals surface area contributed by atoms with E-state index in [4.69, 9.17) is 10.5 Å². The highest BCUT2D eigenvalue weighted by Crippen LogP contribution is 2.11. The first-order chi connectivity index (χ1) is 10.1. The van der Waals surface area contributed by atoms with Crippen LogP contribution in [0.1, 0.15) is 16.8 Å². The van der Waals surface area contributed by atoms with Crippen molar-refractivity contribution in [2.75, 3.05) is 26.7 Å². The molecular formula is C14H21BrClN3O3. The summed E-state index contributed by atoms with van der Waals surface area (Å²) in [6.45, 7) is 1.01. The van der Waals surface area contributed by atoms with Crippen molar-refractivity contribution >= 4 is 40.2 Å². The highest BCUT2D eigenvalue weighted by molar-refractivity contribution is 9.10. The van der Waals surface area contributed by atoms with Crippen LogP contribution in [-0.4, -0.2) is 44.7 Å². The summed E-state index contributed by atoms with van der Waals surface area (Å²) in [7, 11) is 1.52. The summed E-state index contributed by atoms with van der Waals surface area (Å²) in [6, 6.07) is 7.10. The number of amides is 2. The van der Waals surface area contributed by atoms with E-state index in [0.29, 0.717) is 25.2 Å². The van der Waals surface area contributed by atoms with Gasteiger partial charge in [-0.1, -0.05) is 22.0 Å². The molecule has 124 valence electrons. The molecule has 4 N–H and O–H groups in total. The minimum absolute atomic E-state index is 0. The molecule has 6 nitrogen and oxygen atoms in total. The predicted octanol–water partition coefficient (Wildman–Crippen LogP) is 1.08. The van der Waals surface area contributed by atoms with E-state index in [1.54, 1.807) is 18.2 Å². The molecule has 1 aromatic rings. The van der Waals surface area contributed by atoms with Gasteiger partial charge >= 0.3 is 0 Å². The van der Waals surface area contributed by atoms with Crippen LogP contribution in [0, 0.1) is 0 Å². The molecule has 0 saturated carbocycles. The van der Waals surface area contributed by atoms with Crippen molar-refractivity contribution in [1.82, 2.24) is 10.6 Å². The second-order valence-corrected chi connectivity index (χ2v) is 5.33. The molecule has 0 aromatic heterocycles. The standard InChI is InChI=1S/C14H20BrN3O3.ClH/c1-21-12(9-16)8-13(19)17-5-6-18-14(20)10-3-2-4-11(15)7-10;/h2-4,7,12H,5-6,8-9,16H2,1H3,(H,17,19)(H,18,20);1H. The molecule has 22 heavy (non-hydrogen) atoms. The number of rotatable bonds is 8. The molecule has 0 radical (unpaired) electrons. The van der Waals surface area contributed by atoms with Crippen LogP contribution in [0.3, 0.4) is 0 Å². The quantitative estimate of drug-likeness (QED) is 0.575. The fraction of sp³-hybridized carbons (Fsp3) is 0.429. The van der Waals surface area contributed by atoms with E-state index in [0.717, 1.165) is 4.47 Å². The van der Waals surface area contributed by atoms with E-state index in [1.807, 2.05) is 6.07 Å². The molecule has 8 heteroatoms. The first-order valence-corrected chi connectivity index (χ1v) is 7.39. The van der Waals surface area contributed by atoms with Crippen LogP contribution in [0.2, 0.25) is 0 Å². The summed E-state index contributed by atoms with van der Waals surface area (Å²) in [5, 5.41) is 5.43. The van der Waals surface area contributed by atoms with Crippen LogP contribution in [0.25, 0.3) is 0 Å². The first-order valence-electron chi connectivity index (χ1n) is 6.60. The molecule has 0 aliphatic carbocycles. The average Bonchev–Trinajstić information content (AvgIpc) is 2.49. The molecule has 0 bridgehead atoms. The average molecular weight is 395 g/mol. The normalized spacial score (nSPS) is 11.2. The minimum atomic E-state index is -0.277. The Kier molecular flexibility index (Phi) is 10.8. The van der Waals surface area contributed by atoms with E-state index in [1.165, 1.54) is 7.11 Å². The second-order valence-electron chi connectivity index (χ2n) is 4.41. The zero-order valence-corrected chi connectivity index (χ0v) is 14.7. The summed E-state index contributed by atoms with van der Waals surface area (Å²) in [6.07, 6.45) is -0.0618. The fourth-order valence-electron chi connectivity index (χ4n) is 1.65. The number of carbonyl (C=O) groups excluding carboxylic acids is 2. The third kappa shape index (κ3) is 7.74. The molecule has 1 unspecified atom stereocenters. The Hall–Kier alpha value is -1.15. The van der Waals surface area contributed by atoms with Crippen LogP contribution in [0.5, 0.6) is 0 Å². The Bertz CT molecular complexity index is 484. The van der Waals surface area contributed by atoms with Crippen molar-refractivity contribution in [2.45, 2.75) is 12.5 Å². The molecule has 0 aliphatic rings. The monoisotopic (exact) mass is 393 g/mol. The van der Waals surface area contributed by atoms with E-state index in [9.17, 15) is 9.59 Å². The van der Waals surface area contributed by atoms with E-state index in [2.05, 4.69) is 26.6 Å². The lowest BCUT2D eigenvalue weighted by Crippen LogP contribution is -2.37. The maximum Gasteiger partial charge on any atom is 0.251 e. The summed E-state index contributed by atoms with van der Waals surface area (Å²) >= 11 is 3.31. The summed E-state index contributed by atoms with van der Waals surface area (Å²) in [5.74, 6) is -0.328. The van der Waals surface area contributed by atoms with E-state index < -0.39 is 0 Å².